The van der Waals surface area contributed by atoms with E-state index in [1.807, 2.05) is 0 Å². The minimum atomic E-state index is -1.01. The van der Waals surface area contributed by atoms with Gasteiger partial charge in [0.2, 0.25) is 11.8 Å². The second kappa shape index (κ2) is 9.91. The van der Waals surface area contributed by atoms with Gasteiger partial charge >= 0.3 is 5.97 Å². The number of carboxylic acids is 1. The van der Waals surface area contributed by atoms with E-state index in [2.05, 4.69) is 16.0 Å². The van der Waals surface area contributed by atoms with Gasteiger partial charge in [-0.25, -0.2) is 0 Å². The molecule has 2 fully saturated rings. The van der Waals surface area contributed by atoms with E-state index in [9.17, 15) is 14.4 Å². The van der Waals surface area contributed by atoms with Crippen LogP contribution in [-0.4, -0.2) is 46.9 Å². The fourth-order valence-corrected chi connectivity index (χ4v) is 4.14. The molecule has 9 heteroatoms. The summed E-state index contributed by atoms with van der Waals surface area (Å²) in [5.74, 6) is -1.49. The molecule has 0 bridgehead atoms. The van der Waals surface area contributed by atoms with Gasteiger partial charge in [0.05, 0.1) is 12.6 Å². The first kappa shape index (κ1) is 22.7. The van der Waals surface area contributed by atoms with Crippen molar-refractivity contribution in [3.05, 3.63) is 35.4 Å². The summed E-state index contributed by atoms with van der Waals surface area (Å²) in [6.07, 6.45) is 6.05. The molecule has 0 saturated heterocycles. The Morgan fingerprint density at radius 1 is 1.13 bits per heavy atom. The van der Waals surface area contributed by atoms with E-state index in [0.29, 0.717) is 24.9 Å². The lowest BCUT2D eigenvalue weighted by molar-refractivity contribution is -0.137. The van der Waals surface area contributed by atoms with Gasteiger partial charge in [-0.05, 0) is 37.2 Å². The highest BCUT2D eigenvalue weighted by molar-refractivity contribution is 5.96. The Hall–Kier alpha value is -2.94. The van der Waals surface area contributed by atoms with E-state index < -0.39 is 17.6 Å². The second-order valence-corrected chi connectivity index (χ2v) is 8.52. The van der Waals surface area contributed by atoms with Gasteiger partial charge in [-0.3, -0.25) is 25.1 Å². The molecule has 0 aliphatic heterocycles. The molecule has 1 aromatic rings. The van der Waals surface area contributed by atoms with Crippen molar-refractivity contribution in [3.63, 3.8) is 0 Å². The number of nitrogens with two attached hydrogens (primary N) is 1. The van der Waals surface area contributed by atoms with Gasteiger partial charge in [-0.15, -0.1) is 0 Å². The van der Waals surface area contributed by atoms with Gasteiger partial charge in [0.25, 0.3) is 0 Å². The fraction of sp³-hybridized carbons (Fsp3) is 0.545. The Morgan fingerprint density at radius 2 is 1.77 bits per heavy atom. The van der Waals surface area contributed by atoms with Crippen LogP contribution in [0.25, 0.3) is 0 Å². The number of rotatable bonds is 10. The highest BCUT2D eigenvalue weighted by atomic mass is 16.4. The third kappa shape index (κ3) is 6.04. The molecule has 0 radical (unpaired) electrons. The molecular weight excluding hydrogens is 398 g/mol. The number of carbonyl (C=O) groups excluding carboxylic acids is 2. The summed E-state index contributed by atoms with van der Waals surface area (Å²) in [5, 5.41) is 25.1. The predicted octanol–water partition coefficient (Wildman–Crippen LogP) is 0.859. The average molecular weight is 430 g/mol. The number of benzene rings is 1. The van der Waals surface area contributed by atoms with Crippen LogP contribution in [0.2, 0.25) is 0 Å². The zero-order valence-corrected chi connectivity index (χ0v) is 17.6. The van der Waals surface area contributed by atoms with Crippen molar-refractivity contribution in [2.75, 3.05) is 6.54 Å². The molecule has 1 aromatic carbocycles. The minimum absolute atomic E-state index is 0.0146. The van der Waals surface area contributed by atoms with E-state index in [0.717, 1.165) is 37.7 Å². The van der Waals surface area contributed by atoms with Crippen LogP contribution in [0.5, 0.6) is 0 Å². The Balaban J connectivity index is 1.58. The molecule has 2 aliphatic carbocycles. The summed E-state index contributed by atoms with van der Waals surface area (Å²) >= 11 is 0. The van der Waals surface area contributed by atoms with Gasteiger partial charge in [-0.1, -0.05) is 43.5 Å². The predicted molar refractivity (Wildman–Crippen MR) is 115 cm³/mol. The molecule has 2 aliphatic rings. The van der Waals surface area contributed by atoms with Crippen molar-refractivity contribution in [1.29, 1.82) is 5.41 Å². The lowest BCUT2D eigenvalue weighted by Gasteiger charge is -2.31. The first-order chi connectivity index (χ1) is 14.8. The number of carboxylic acid groups (broad SMARTS) is 1. The standard InChI is InChI=1S/C22H31N5O4/c23-19(24)16-8-6-14(7-9-16)12-26-21(31)22(10-11-22)27-20(30)18(25-13-17(28)29)15-4-2-1-3-5-15/h6-9,15,18,25H,1-5,10-13H2,(H3,23,24)(H,26,31)(H,27,30)(H,28,29)/t18-/m1/s1. The molecule has 9 nitrogen and oxygen atoms in total. The number of nitrogen functional groups attached to an aromatic ring is 1. The third-order valence-electron chi connectivity index (χ3n) is 6.14. The molecule has 0 spiro atoms. The van der Waals surface area contributed by atoms with Crippen LogP contribution in [-0.2, 0) is 20.9 Å². The number of aliphatic carboxylic acids is 1. The Labute approximate surface area is 181 Å². The van der Waals surface area contributed by atoms with E-state index in [4.69, 9.17) is 16.2 Å². The third-order valence-corrected chi connectivity index (χ3v) is 6.14. The molecule has 7 N–H and O–H groups in total. The zero-order chi connectivity index (χ0) is 22.4. The Kier molecular flexibility index (Phi) is 7.27. The van der Waals surface area contributed by atoms with Crippen LogP contribution in [0.4, 0.5) is 0 Å². The summed E-state index contributed by atoms with van der Waals surface area (Å²) in [4.78, 5) is 36.8. The van der Waals surface area contributed by atoms with Gasteiger partial charge in [-0.2, -0.15) is 0 Å². The first-order valence-electron chi connectivity index (χ1n) is 10.8. The van der Waals surface area contributed by atoms with E-state index >= 15 is 0 Å². The minimum Gasteiger partial charge on any atom is -0.480 e. The topological polar surface area (TPSA) is 157 Å². The molecule has 2 saturated carbocycles. The van der Waals surface area contributed by atoms with E-state index in [1.54, 1.807) is 24.3 Å². The number of carbonyl (C=O) groups is 3. The maximum Gasteiger partial charge on any atom is 0.317 e. The van der Waals surface area contributed by atoms with Crippen LogP contribution in [0.3, 0.4) is 0 Å². The highest BCUT2D eigenvalue weighted by Crippen LogP contribution is 2.36. The summed E-state index contributed by atoms with van der Waals surface area (Å²) in [6, 6.07) is 6.43. The Morgan fingerprint density at radius 3 is 2.32 bits per heavy atom. The molecule has 3 rings (SSSR count). The summed E-state index contributed by atoms with van der Waals surface area (Å²) < 4.78 is 0. The first-order valence-corrected chi connectivity index (χ1v) is 10.8. The van der Waals surface area contributed by atoms with Gasteiger partial charge < -0.3 is 21.5 Å². The molecule has 168 valence electrons. The van der Waals surface area contributed by atoms with Crippen molar-refractivity contribution < 1.29 is 19.5 Å². The smallest absolute Gasteiger partial charge is 0.317 e. The quantitative estimate of drug-likeness (QED) is 0.239. The summed E-state index contributed by atoms with van der Waals surface area (Å²) in [7, 11) is 0. The molecule has 31 heavy (non-hydrogen) atoms. The van der Waals surface area contributed by atoms with Crippen LogP contribution in [0.15, 0.2) is 24.3 Å². The van der Waals surface area contributed by atoms with Gasteiger partial charge in [0.1, 0.15) is 11.4 Å². The van der Waals surface area contributed by atoms with E-state index in [1.165, 1.54) is 0 Å². The number of hydrogen-bond donors (Lipinski definition) is 6. The van der Waals surface area contributed by atoms with Crippen molar-refractivity contribution in [1.82, 2.24) is 16.0 Å². The lowest BCUT2D eigenvalue weighted by Crippen LogP contribution is -2.57. The molecule has 0 heterocycles. The van der Waals surface area contributed by atoms with Crippen LogP contribution >= 0.6 is 0 Å². The molecule has 0 unspecified atom stereocenters. The average Bonchev–Trinajstić information content (AvgIpc) is 3.53. The second-order valence-electron chi connectivity index (χ2n) is 8.52. The van der Waals surface area contributed by atoms with Gasteiger partial charge in [0.15, 0.2) is 0 Å². The molecular formula is C22H31N5O4. The number of amides is 2. The summed E-state index contributed by atoms with van der Waals surface area (Å²) in [5.41, 5.74) is 6.01. The fourth-order valence-electron chi connectivity index (χ4n) is 4.14. The maximum atomic E-state index is 13.0. The molecule has 0 aromatic heterocycles. The largest absolute Gasteiger partial charge is 0.480 e. The monoisotopic (exact) mass is 429 g/mol. The van der Waals surface area contributed by atoms with Crippen LogP contribution in [0.1, 0.15) is 56.1 Å². The van der Waals surface area contributed by atoms with Crippen molar-refractivity contribution >= 4 is 23.6 Å². The van der Waals surface area contributed by atoms with Crippen molar-refractivity contribution in [2.45, 2.75) is 63.1 Å². The normalized spacial score (nSPS) is 18.6. The van der Waals surface area contributed by atoms with Crippen molar-refractivity contribution in [3.8, 4) is 0 Å². The SMILES string of the molecule is N=C(N)c1ccc(CNC(=O)C2(NC(=O)[C@H](NCC(=O)O)C3CCCCC3)CC2)cc1. The molecule has 1 atom stereocenters. The van der Waals surface area contributed by atoms with Crippen LogP contribution < -0.4 is 21.7 Å². The maximum absolute atomic E-state index is 13.0. The van der Waals surface area contributed by atoms with E-state index in [-0.39, 0.29) is 30.1 Å². The highest BCUT2D eigenvalue weighted by Gasteiger charge is 2.52. The Bertz CT molecular complexity index is 829. The number of amidine groups is 1. The van der Waals surface area contributed by atoms with Crippen LogP contribution in [0, 0.1) is 11.3 Å². The molecule has 2 amide bonds. The summed E-state index contributed by atoms with van der Waals surface area (Å²) in [6.45, 7) is 0.0159. The number of hydrogen-bond acceptors (Lipinski definition) is 5. The zero-order valence-electron chi connectivity index (χ0n) is 17.6. The van der Waals surface area contributed by atoms with Gasteiger partial charge in [0, 0.05) is 12.1 Å². The lowest BCUT2D eigenvalue weighted by atomic mass is 9.83. The van der Waals surface area contributed by atoms with Crippen molar-refractivity contribution in [2.24, 2.45) is 11.7 Å². The number of nitrogens with one attached hydrogen (secondary N) is 4.